The minimum atomic E-state index is -0.500. The molecular weight excluding hydrogens is 564 g/mol. The summed E-state index contributed by atoms with van der Waals surface area (Å²) in [6.07, 6.45) is 13.2. The van der Waals surface area contributed by atoms with Crippen LogP contribution in [-0.2, 0) is 16.0 Å². The minimum Gasteiger partial charge on any atom is -0.504 e. The van der Waals surface area contributed by atoms with Gasteiger partial charge in [0.05, 0.1) is 12.7 Å². The van der Waals surface area contributed by atoms with Gasteiger partial charge in [0, 0.05) is 11.8 Å². The third kappa shape index (κ3) is 5.16. The first kappa shape index (κ1) is 32.9. The summed E-state index contributed by atoms with van der Waals surface area (Å²) in [5.41, 5.74) is 2.39. The van der Waals surface area contributed by atoms with Crippen molar-refractivity contribution in [1.82, 2.24) is 0 Å². The monoisotopic (exact) mass is 622 g/mol. The van der Waals surface area contributed by atoms with Gasteiger partial charge in [-0.1, -0.05) is 59.3 Å². The molecule has 0 radical (unpaired) electrons. The predicted molar refractivity (Wildman–Crippen MR) is 175 cm³/mol. The zero-order valence-corrected chi connectivity index (χ0v) is 28.6. The van der Waals surface area contributed by atoms with Crippen LogP contribution < -0.4 is 0 Å². The molecule has 0 bridgehead atoms. The summed E-state index contributed by atoms with van der Waals surface area (Å²) in [5.74, 6) is 1.26. The molecule has 1 aromatic rings. The molecule has 4 N–H and O–H groups in total. The average molecular weight is 623 g/mol. The van der Waals surface area contributed by atoms with E-state index >= 15 is 0 Å². The highest BCUT2D eigenvalue weighted by Gasteiger charge is 2.64. The van der Waals surface area contributed by atoms with Crippen molar-refractivity contribution in [3.05, 3.63) is 35.4 Å². The maximum atomic E-state index is 13.1. The van der Waals surface area contributed by atoms with Gasteiger partial charge in [0.15, 0.2) is 11.5 Å². The number of hydrogen-bond acceptors (Lipinski definition) is 6. The lowest BCUT2D eigenvalue weighted by molar-refractivity contribution is -0.206. The number of aryl methyl sites for hydroxylation is 1. The summed E-state index contributed by atoms with van der Waals surface area (Å²) in [6, 6.07) is 4.64. The Morgan fingerprint density at radius 1 is 0.867 bits per heavy atom. The molecular formula is C39H58O6. The second-order valence-electron chi connectivity index (χ2n) is 17.6. The first-order valence-electron chi connectivity index (χ1n) is 17.8. The molecule has 10 atom stereocenters. The molecule has 0 aliphatic heterocycles. The summed E-state index contributed by atoms with van der Waals surface area (Å²) >= 11 is 0. The van der Waals surface area contributed by atoms with Crippen LogP contribution >= 0.6 is 0 Å². The summed E-state index contributed by atoms with van der Waals surface area (Å²) < 4.78 is 6.19. The standard InChI is InChI=1S/C39H58O6/c1-35(2)29-12-9-25-22-36(3)18-15-31-38(5,30(36)13-10-26(25)37(29,4)19-16-32(35)43)20-17-33(39(31,6)23-40)45-34(44)14-8-24-7-11-27(41)28(42)21-24/h7,9,11,21,26,29-33,40-43H,8,10,12-20,22-23H2,1-6H3/t26-,29-,30-,31+,32+,33+,36-,37+,38+,39+/m0/s1. The van der Waals surface area contributed by atoms with E-state index in [2.05, 4.69) is 47.6 Å². The Kier molecular flexibility index (Phi) is 8.24. The van der Waals surface area contributed by atoms with E-state index in [1.165, 1.54) is 25.0 Å². The third-order valence-electron chi connectivity index (χ3n) is 14.9. The van der Waals surface area contributed by atoms with Gasteiger partial charge in [-0.25, -0.2) is 0 Å². The van der Waals surface area contributed by atoms with Crippen molar-refractivity contribution in [2.45, 2.75) is 131 Å². The first-order valence-corrected chi connectivity index (χ1v) is 17.8. The molecule has 6 nitrogen and oxygen atoms in total. The number of carbonyl (C=O) groups is 1. The van der Waals surface area contributed by atoms with Crippen LogP contribution in [0.2, 0.25) is 0 Å². The minimum absolute atomic E-state index is 0.00537. The Bertz CT molecular complexity index is 1330. The van der Waals surface area contributed by atoms with E-state index in [0.717, 1.165) is 56.9 Å². The topological polar surface area (TPSA) is 107 Å². The highest BCUT2D eigenvalue weighted by Crippen LogP contribution is 2.70. The maximum absolute atomic E-state index is 13.1. The number of carbonyl (C=O) groups excluding carboxylic acids is 1. The normalized spacial score (nSPS) is 43.9. The molecule has 1 aromatic carbocycles. The molecule has 0 unspecified atom stereocenters. The Labute approximate surface area is 270 Å². The van der Waals surface area contributed by atoms with Crippen molar-refractivity contribution >= 4 is 5.97 Å². The van der Waals surface area contributed by atoms with E-state index in [1.807, 2.05) is 0 Å². The Hall–Kier alpha value is -2.05. The molecule has 250 valence electrons. The van der Waals surface area contributed by atoms with Crippen LogP contribution in [-0.4, -0.2) is 45.2 Å². The lowest BCUT2D eigenvalue weighted by atomic mass is 9.42. The SMILES string of the molecule is CC1(C)[C@H](O)CC[C@]2(C)[C@H]3CC[C@H]4[C@@](C)(CC[C@@H]5[C@]4(C)CC[C@@H](OC(=O)CCc4ccc(O)c(O)c4)[C@]5(C)CO)CC3=CC[C@@H]12. The van der Waals surface area contributed by atoms with Crippen LogP contribution in [0.25, 0.3) is 0 Å². The molecule has 4 saturated carbocycles. The summed E-state index contributed by atoms with van der Waals surface area (Å²) in [5, 5.41) is 41.4. The molecule has 4 fully saturated rings. The zero-order chi connectivity index (χ0) is 32.6. The predicted octanol–water partition coefficient (Wildman–Crippen LogP) is 7.71. The average Bonchev–Trinajstić information content (AvgIpc) is 3.14. The van der Waals surface area contributed by atoms with Gasteiger partial charge in [-0.15, -0.1) is 0 Å². The van der Waals surface area contributed by atoms with Crippen LogP contribution in [0.5, 0.6) is 11.5 Å². The van der Waals surface area contributed by atoms with Crippen LogP contribution in [0.1, 0.15) is 118 Å². The number of rotatable bonds is 5. The smallest absolute Gasteiger partial charge is 0.306 e. The third-order valence-corrected chi connectivity index (χ3v) is 14.9. The highest BCUT2D eigenvalue weighted by atomic mass is 16.5. The molecule has 45 heavy (non-hydrogen) atoms. The molecule has 6 heteroatoms. The van der Waals surface area contributed by atoms with Gasteiger partial charge < -0.3 is 25.2 Å². The molecule has 0 amide bonds. The van der Waals surface area contributed by atoms with E-state index < -0.39 is 5.41 Å². The van der Waals surface area contributed by atoms with Gasteiger partial charge in [0.1, 0.15) is 6.10 Å². The molecule has 0 heterocycles. The van der Waals surface area contributed by atoms with Crippen molar-refractivity contribution < 1.29 is 30.0 Å². The number of aromatic hydroxyl groups is 2. The van der Waals surface area contributed by atoms with Crippen molar-refractivity contribution in [2.75, 3.05) is 6.61 Å². The van der Waals surface area contributed by atoms with Gasteiger partial charge in [0.25, 0.3) is 0 Å². The van der Waals surface area contributed by atoms with Gasteiger partial charge in [0.2, 0.25) is 0 Å². The summed E-state index contributed by atoms with van der Waals surface area (Å²) in [4.78, 5) is 13.1. The molecule has 0 saturated heterocycles. The van der Waals surface area contributed by atoms with Gasteiger partial charge in [-0.05, 0) is 134 Å². The quantitative estimate of drug-likeness (QED) is 0.152. The number of benzene rings is 1. The second kappa shape index (κ2) is 11.3. The summed E-state index contributed by atoms with van der Waals surface area (Å²) in [6.45, 7) is 14.3. The molecule has 6 rings (SSSR count). The lowest BCUT2D eigenvalue weighted by Crippen LogP contribution is -2.61. The number of fused-ring (bicyclic) bond motifs is 6. The maximum Gasteiger partial charge on any atom is 0.306 e. The number of aliphatic hydroxyl groups is 2. The van der Waals surface area contributed by atoms with Crippen LogP contribution in [0, 0.1) is 50.7 Å². The van der Waals surface area contributed by atoms with E-state index in [4.69, 9.17) is 4.74 Å². The van der Waals surface area contributed by atoms with Crippen LogP contribution in [0.15, 0.2) is 29.8 Å². The van der Waals surface area contributed by atoms with Crippen molar-refractivity contribution in [3.63, 3.8) is 0 Å². The van der Waals surface area contributed by atoms with Gasteiger partial charge in [-0.3, -0.25) is 4.79 Å². The van der Waals surface area contributed by atoms with E-state index in [0.29, 0.717) is 24.2 Å². The highest BCUT2D eigenvalue weighted by molar-refractivity contribution is 5.70. The zero-order valence-electron chi connectivity index (χ0n) is 28.6. The number of ether oxygens (including phenoxy) is 1. The Morgan fingerprint density at radius 2 is 1.60 bits per heavy atom. The lowest BCUT2D eigenvalue weighted by Gasteiger charge is -2.64. The van der Waals surface area contributed by atoms with Crippen LogP contribution in [0.3, 0.4) is 0 Å². The fourth-order valence-electron chi connectivity index (χ4n) is 12.3. The molecule has 0 spiro atoms. The Balaban J connectivity index is 1.20. The van der Waals surface area contributed by atoms with Crippen LogP contribution in [0.4, 0.5) is 0 Å². The fraction of sp³-hybridized carbons (Fsp3) is 0.769. The van der Waals surface area contributed by atoms with E-state index in [1.54, 1.807) is 11.6 Å². The largest absolute Gasteiger partial charge is 0.504 e. The van der Waals surface area contributed by atoms with E-state index in [-0.39, 0.29) is 70.3 Å². The second-order valence-corrected chi connectivity index (χ2v) is 17.6. The fourth-order valence-corrected chi connectivity index (χ4v) is 12.3. The first-order chi connectivity index (χ1) is 21.1. The van der Waals surface area contributed by atoms with Crippen molar-refractivity contribution in [2.24, 2.45) is 50.7 Å². The number of phenols is 2. The van der Waals surface area contributed by atoms with Crippen molar-refractivity contribution in [3.8, 4) is 11.5 Å². The number of aliphatic hydroxyl groups excluding tert-OH is 2. The Morgan fingerprint density at radius 3 is 2.31 bits per heavy atom. The number of esters is 1. The van der Waals surface area contributed by atoms with E-state index in [9.17, 15) is 25.2 Å². The number of hydrogen-bond donors (Lipinski definition) is 4. The molecule has 0 aromatic heterocycles. The van der Waals surface area contributed by atoms with Crippen molar-refractivity contribution in [1.29, 1.82) is 0 Å². The number of phenolic OH excluding ortho intramolecular Hbond substituents is 2. The van der Waals surface area contributed by atoms with Gasteiger partial charge >= 0.3 is 5.97 Å². The molecule has 5 aliphatic carbocycles. The number of allylic oxidation sites excluding steroid dienone is 2. The molecule has 5 aliphatic rings. The van der Waals surface area contributed by atoms with Gasteiger partial charge in [-0.2, -0.15) is 0 Å². The summed E-state index contributed by atoms with van der Waals surface area (Å²) in [7, 11) is 0.